The van der Waals surface area contributed by atoms with Crippen molar-refractivity contribution < 1.29 is 9.47 Å². The molecule has 2 rings (SSSR count). The highest BCUT2D eigenvalue weighted by Crippen LogP contribution is 2.20. The van der Waals surface area contributed by atoms with E-state index in [0.29, 0.717) is 0 Å². The Morgan fingerprint density at radius 2 is 2.05 bits per heavy atom. The Morgan fingerprint density at radius 3 is 2.74 bits per heavy atom. The van der Waals surface area contributed by atoms with Crippen molar-refractivity contribution in [1.29, 1.82) is 0 Å². The van der Waals surface area contributed by atoms with Crippen molar-refractivity contribution >= 4 is 11.8 Å². The maximum Gasteiger partial charge on any atom is 0.119 e. The number of benzene rings is 1. The number of nitrogens with one attached hydrogen (secondary N) is 1. The number of rotatable bonds is 7. The van der Waals surface area contributed by atoms with Crippen LogP contribution >= 0.6 is 11.8 Å². The lowest BCUT2D eigenvalue weighted by Gasteiger charge is -2.22. The van der Waals surface area contributed by atoms with E-state index in [9.17, 15) is 0 Å². The molecule has 1 aliphatic rings. The van der Waals surface area contributed by atoms with E-state index >= 15 is 0 Å². The van der Waals surface area contributed by atoms with Gasteiger partial charge in [0.1, 0.15) is 11.5 Å². The summed E-state index contributed by atoms with van der Waals surface area (Å²) in [6, 6.07) is 7.77. The molecule has 0 amide bonds. The molecule has 3 nitrogen and oxygen atoms in total. The van der Waals surface area contributed by atoms with E-state index in [0.717, 1.165) is 29.8 Å². The van der Waals surface area contributed by atoms with Crippen LogP contribution in [-0.4, -0.2) is 37.8 Å². The van der Waals surface area contributed by atoms with Gasteiger partial charge in [-0.2, -0.15) is 11.8 Å². The Labute approximate surface area is 120 Å². The molecule has 4 heteroatoms. The van der Waals surface area contributed by atoms with Gasteiger partial charge in [0.05, 0.1) is 13.7 Å². The van der Waals surface area contributed by atoms with E-state index in [-0.39, 0.29) is 0 Å². The van der Waals surface area contributed by atoms with Crippen molar-refractivity contribution in [2.24, 2.45) is 0 Å². The monoisotopic (exact) mass is 281 g/mol. The van der Waals surface area contributed by atoms with Crippen molar-refractivity contribution in [3.63, 3.8) is 0 Å². The quantitative estimate of drug-likeness (QED) is 0.778. The number of hydrogen-bond donors (Lipinski definition) is 1. The van der Waals surface area contributed by atoms with Gasteiger partial charge in [-0.15, -0.1) is 0 Å². The van der Waals surface area contributed by atoms with Crippen LogP contribution in [0.15, 0.2) is 24.3 Å². The van der Waals surface area contributed by atoms with Crippen LogP contribution in [0.3, 0.4) is 0 Å². The number of ether oxygens (including phenoxy) is 2. The zero-order valence-corrected chi connectivity index (χ0v) is 12.4. The third-order valence-corrected chi connectivity index (χ3v) is 4.62. The van der Waals surface area contributed by atoms with Gasteiger partial charge in [-0.1, -0.05) is 0 Å². The van der Waals surface area contributed by atoms with Gasteiger partial charge in [0, 0.05) is 11.8 Å². The number of thioether (sulfide) groups is 1. The molecule has 106 valence electrons. The van der Waals surface area contributed by atoms with Gasteiger partial charge in [0.25, 0.3) is 0 Å². The summed E-state index contributed by atoms with van der Waals surface area (Å²) in [6.45, 7) is 3.15. The molecule has 1 fully saturated rings. The normalized spacial score (nSPS) is 19.1. The molecule has 0 aromatic heterocycles. The summed E-state index contributed by atoms with van der Waals surface area (Å²) < 4.78 is 10.8. The van der Waals surface area contributed by atoms with Gasteiger partial charge in [0.2, 0.25) is 0 Å². The highest BCUT2D eigenvalue weighted by atomic mass is 32.2. The predicted octanol–water partition coefficient (Wildman–Crippen LogP) is 2.95. The summed E-state index contributed by atoms with van der Waals surface area (Å²) in [5.41, 5.74) is 0. The molecule has 1 saturated heterocycles. The maximum absolute atomic E-state index is 5.71. The smallest absolute Gasteiger partial charge is 0.119 e. The Morgan fingerprint density at radius 1 is 1.26 bits per heavy atom. The Hall–Kier alpha value is -0.870. The van der Waals surface area contributed by atoms with Crippen molar-refractivity contribution in [1.82, 2.24) is 5.32 Å². The topological polar surface area (TPSA) is 30.5 Å². The third kappa shape index (κ3) is 5.33. The van der Waals surface area contributed by atoms with Crippen molar-refractivity contribution in [2.45, 2.75) is 24.5 Å². The second-order valence-corrected chi connectivity index (χ2v) is 6.12. The van der Waals surface area contributed by atoms with Gasteiger partial charge < -0.3 is 14.8 Å². The molecule has 1 aliphatic heterocycles. The molecular weight excluding hydrogens is 258 g/mol. The molecular formula is C15H23NO2S. The fourth-order valence-electron chi connectivity index (χ4n) is 2.13. The molecule has 1 unspecified atom stereocenters. The van der Waals surface area contributed by atoms with Crippen LogP contribution in [0.1, 0.15) is 19.3 Å². The molecule has 0 radical (unpaired) electrons. The fraction of sp³-hybridized carbons (Fsp3) is 0.600. The highest BCUT2D eigenvalue weighted by Gasteiger charge is 2.12. The first-order valence-corrected chi connectivity index (χ1v) is 8.02. The third-order valence-electron chi connectivity index (χ3n) is 3.22. The SMILES string of the molecule is COc1ccc(OCCCSC2CCCNC2)cc1. The van der Waals surface area contributed by atoms with E-state index in [1.165, 1.54) is 31.7 Å². The molecule has 1 heterocycles. The Balaban J connectivity index is 1.55. The summed E-state index contributed by atoms with van der Waals surface area (Å²) in [7, 11) is 1.67. The van der Waals surface area contributed by atoms with Crippen LogP contribution in [0.4, 0.5) is 0 Å². The standard InChI is InChI=1S/C15H23NO2S/c1-17-13-5-7-14(8-6-13)18-10-3-11-19-15-4-2-9-16-12-15/h5-8,15-16H,2-4,9-12H2,1H3. The molecule has 1 atom stereocenters. The summed E-state index contributed by atoms with van der Waals surface area (Å²) in [4.78, 5) is 0. The van der Waals surface area contributed by atoms with Crippen molar-refractivity contribution in [2.75, 3.05) is 32.6 Å². The van der Waals surface area contributed by atoms with Gasteiger partial charge in [0.15, 0.2) is 0 Å². The molecule has 0 bridgehead atoms. The van der Waals surface area contributed by atoms with Crippen LogP contribution < -0.4 is 14.8 Å². The summed E-state index contributed by atoms with van der Waals surface area (Å²) in [5, 5.41) is 4.25. The van der Waals surface area contributed by atoms with Gasteiger partial charge in [-0.25, -0.2) is 0 Å². The molecule has 0 aliphatic carbocycles. The van der Waals surface area contributed by atoms with Crippen LogP contribution in [0, 0.1) is 0 Å². The number of methoxy groups -OCH3 is 1. The summed E-state index contributed by atoms with van der Waals surface area (Å²) in [6.07, 6.45) is 3.78. The van der Waals surface area contributed by atoms with Gasteiger partial charge in [-0.3, -0.25) is 0 Å². The van der Waals surface area contributed by atoms with Crippen LogP contribution in [0.2, 0.25) is 0 Å². The van der Waals surface area contributed by atoms with E-state index < -0.39 is 0 Å². The average molecular weight is 281 g/mol. The van der Waals surface area contributed by atoms with Gasteiger partial charge in [-0.05, 0) is 55.8 Å². The highest BCUT2D eigenvalue weighted by molar-refractivity contribution is 7.99. The largest absolute Gasteiger partial charge is 0.497 e. The van der Waals surface area contributed by atoms with Crippen LogP contribution in [0.5, 0.6) is 11.5 Å². The molecule has 0 spiro atoms. The summed E-state index contributed by atoms with van der Waals surface area (Å²) >= 11 is 2.08. The van der Waals surface area contributed by atoms with Gasteiger partial charge >= 0.3 is 0 Å². The second kappa shape index (κ2) is 8.33. The van der Waals surface area contributed by atoms with E-state index in [1.54, 1.807) is 7.11 Å². The first-order valence-electron chi connectivity index (χ1n) is 6.97. The van der Waals surface area contributed by atoms with Crippen molar-refractivity contribution in [3.8, 4) is 11.5 Å². The Bertz CT molecular complexity index is 350. The first-order chi connectivity index (χ1) is 9.38. The summed E-state index contributed by atoms with van der Waals surface area (Å²) in [5.74, 6) is 2.97. The first kappa shape index (κ1) is 14.5. The molecule has 19 heavy (non-hydrogen) atoms. The minimum Gasteiger partial charge on any atom is -0.497 e. The van der Waals surface area contributed by atoms with Crippen LogP contribution in [0.25, 0.3) is 0 Å². The molecule has 1 aromatic rings. The lowest BCUT2D eigenvalue weighted by Crippen LogP contribution is -2.31. The van der Waals surface area contributed by atoms with E-state index in [2.05, 4.69) is 17.1 Å². The average Bonchev–Trinajstić information content (AvgIpc) is 2.49. The second-order valence-electron chi connectivity index (χ2n) is 4.72. The predicted molar refractivity (Wildman–Crippen MR) is 81.5 cm³/mol. The van der Waals surface area contributed by atoms with E-state index in [1.807, 2.05) is 24.3 Å². The lowest BCUT2D eigenvalue weighted by atomic mass is 10.2. The molecule has 1 aromatic carbocycles. The number of hydrogen-bond acceptors (Lipinski definition) is 4. The fourth-order valence-corrected chi connectivity index (χ4v) is 3.32. The zero-order valence-electron chi connectivity index (χ0n) is 11.6. The minimum atomic E-state index is 0.791. The zero-order chi connectivity index (χ0) is 13.3. The van der Waals surface area contributed by atoms with E-state index in [4.69, 9.17) is 9.47 Å². The molecule has 0 saturated carbocycles. The Kier molecular flexibility index (Phi) is 6.37. The van der Waals surface area contributed by atoms with Crippen molar-refractivity contribution in [3.05, 3.63) is 24.3 Å². The van der Waals surface area contributed by atoms with Crippen LogP contribution in [-0.2, 0) is 0 Å². The maximum atomic E-state index is 5.71. The minimum absolute atomic E-state index is 0.791. The lowest BCUT2D eigenvalue weighted by molar-refractivity contribution is 0.317. The molecule has 1 N–H and O–H groups in total. The number of piperidine rings is 1.